The van der Waals surface area contributed by atoms with Gasteiger partial charge in [-0.05, 0) is 31.5 Å². The Kier molecular flexibility index (Phi) is 6.73. The van der Waals surface area contributed by atoms with E-state index < -0.39 is 0 Å². The van der Waals surface area contributed by atoms with Gasteiger partial charge in [-0.3, -0.25) is 4.79 Å². The Morgan fingerprint density at radius 1 is 1.50 bits per heavy atom. The molecule has 0 fully saturated rings. The van der Waals surface area contributed by atoms with Crippen molar-refractivity contribution >= 4 is 40.6 Å². The molecule has 0 bridgehead atoms. The quantitative estimate of drug-likeness (QED) is 0.738. The van der Waals surface area contributed by atoms with Gasteiger partial charge in [-0.2, -0.15) is 11.8 Å². The molecular weight excluding hydrogens is 336 g/mol. The Bertz CT molecular complexity index is 630. The summed E-state index contributed by atoms with van der Waals surface area (Å²) >= 11 is 9.36. The van der Waals surface area contributed by atoms with Crippen LogP contribution < -0.4 is 5.32 Å². The molecule has 0 spiro atoms. The van der Waals surface area contributed by atoms with Crippen molar-refractivity contribution in [2.24, 2.45) is 0 Å². The predicted octanol–water partition coefficient (Wildman–Crippen LogP) is 4.61. The predicted molar refractivity (Wildman–Crippen MR) is 95.6 cm³/mol. The fourth-order valence-electron chi connectivity index (χ4n) is 1.99. The maximum atomic E-state index is 12.0. The second-order valence-electron chi connectivity index (χ2n) is 5.00. The van der Waals surface area contributed by atoms with Crippen LogP contribution in [0.15, 0.2) is 29.6 Å². The molecule has 0 saturated carbocycles. The van der Waals surface area contributed by atoms with Gasteiger partial charge in [0.05, 0.1) is 16.7 Å². The molecule has 1 N–H and O–H groups in total. The molecular formula is C16H19ClN2OS2. The Morgan fingerprint density at radius 2 is 2.32 bits per heavy atom. The second-order valence-corrected chi connectivity index (χ2v) is 7.61. The van der Waals surface area contributed by atoms with Crippen LogP contribution >= 0.6 is 34.7 Å². The number of nitrogens with zero attached hydrogens (tertiary/aromatic N) is 1. The third kappa shape index (κ3) is 5.63. The Hall–Kier alpha value is -1.04. The van der Waals surface area contributed by atoms with E-state index in [4.69, 9.17) is 11.6 Å². The number of benzene rings is 1. The molecule has 1 aromatic carbocycles. The maximum absolute atomic E-state index is 12.0. The maximum Gasteiger partial charge on any atom is 0.221 e. The molecule has 1 amide bonds. The molecule has 0 aliphatic heterocycles. The molecule has 0 aliphatic carbocycles. The minimum absolute atomic E-state index is 0.0302. The average Bonchev–Trinajstić information content (AvgIpc) is 2.89. The highest BCUT2D eigenvalue weighted by Crippen LogP contribution is 2.18. The van der Waals surface area contributed by atoms with Gasteiger partial charge in [-0.25, -0.2) is 4.98 Å². The molecule has 1 atom stereocenters. The molecule has 0 saturated heterocycles. The summed E-state index contributed by atoms with van der Waals surface area (Å²) in [7, 11) is 0. The zero-order valence-electron chi connectivity index (χ0n) is 12.6. The van der Waals surface area contributed by atoms with Crippen molar-refractivity contribution in [3.05, 3.63) is 50.9 Å². The Morgan fingerprint density at radius 3 is 3.00 bits per heavy atom. The van der Waals surface area contributed by atoms with E-state index in [1.165, 1.54) is 0 Å². The summed E-state index contributed by atoms with van der Waals surface area (Å²) in [5.74, 6) is 1.72. The molecule has 22 heavy (non-hydrogen) atoms. The normalized spacial score (nSPS) is 12.1. The molecule has 1 heterocycles. The topological polar surface area (TPSA) is 42.0 Å². The van der Waals surface area contributed by atoms with Crippen molar-refractivity contribution < 1.29 is 4.79 Å². The van der Waals surface area contributed by atoms with Gasteiger partial charge in [0.2, 0.25) is 5.91 Å². The zero-order chi connectivity index (χ0) is 15.9. The number of thiazole rings is 1. The Balaban J connectivity index is 1.69. The van der Waals surface area contributed by atoms with Gasteiger partial charge in [-0.1, -0.05) is 23.7 Å². The molecule has 118 valence electrons. The van der Waals surface area contributed by atoms with Crippen molar-refractivity contribution in [2.75, 3.05) is 5.75 Å². The monoisotopic (exact) mass is 354 g/mol. The summed E-state index contributed by atoms with van der Waals surface area (Å²) in [5, 5.41) is 6.85. The largest absolute Gasteiger partial charge is 0.350 e. The number of carbonyl (C=O) groups is 1. The van der Waals surface area contributed by atoms with Crippen LogP contribution in [0, 0.1) is 6.92 Å². The molecule has 6 heteroatoms. The fourth-order valence-corrected chi connectivity index (χ4v) is 3.74. The molecule has 2 rings (SSSR count). The van der Waals surface area contributed by atoms with Crippen LogP contribution in [0.5, 0.6) is 0 Å². The van der Waals surface area contributed by atoms with Crippen LogP contribution in [-0.2, 0) is 10.5 Å². The molecule has 0 radical (unpaired) electrons. The summed E-state index contributed by atoms with van der Waals surface area (Å²) in [5.41, 5.74) is 2.12. The first kappa shape index (κ1) is 17.3. The van der Waals surface area contributed by atoms with Crippen LogP contribution in [0.4, 0.5) is 0 Å². The van der Waals surface area contributed by atoms with E-state index in [2.05, 4.69) is 15.7 Å². The van der Waals surface area contributed by atoms with Crippen molar-refractivity contribution in [1.29, 1.82) is 0 Å². The third-order valence-corrected chi connectivity index (χ3v) is 5.17. The lowest BCUT2D eigenvalue weighted by molar-refractivity contribution is -0.121. The first-order valence-corrected chi connectivity index (χ1v) is 9.49. The lowest BCUT2D eigenvalue weighted by Gasteiger charge is -2.14. The number of aromatic nitrogens is 1. The van der Waals surface area contributed by atoms with Gasteiger partial charge < -0.3 is 5.32 Å². The number of carbonyl (C=O) groups excluding carboxylic acids is 1. The van der Waals surface area contributed by atoms with E-state index in [-0.39, 0.29) is 11.9 Å². The van der Waals surface area contributed by atoms with Crippen LogP contribution in [-0.4, -0.2) is 16.6 Å². The number of hydrogen-bond acceptors (Lipinski definition) is 4. The van der Waals surface area contributed by atoms with Crippen LogP contribution in [0.1, 0.15) is 35.7 Å². The lowest BCUT2D eigenvalue weighted by Crippen LogP contribution is -2.26. The zero-order valence-corrected chi connectivity index (χ0v) is 15.0. The van der Waals surface area contributed by atoms with Gasteiger partial charge in [0.1, 0.15) is 0 Å². The second kappa shape index (κ2) is 8.56. The summed E-state index contributed by atoms with van der Waals surface area (Å²) in [6, 6.07) is 7.54. The summed E-state index contributed by atoms with van der Waals surface area (Å²) in [6.45, 7) is 3.97. The molecule has 0 unspecified atom stereocenters. The first-order valence-electron chi connectivity index (χ1n) is 7.08. The summed E-state index contributed by atoms with van der Waals surface area (Å²) in [4.78, 5) is 16.4. The van der Waals surface area contributed by atoms with E-state index in [1.807, 2.05) is 38.1 Å². The van der Waals surface area contributed by atoms with Crippen LogP contribution in [0.3, 0.4) is 0 Å². The van der Waals surface area contributed by atoms with Gasteiger partial charge in [0.15, 0.2) is 0 Å². The summed E-state index contributed by atoms with van der Waals surface area (Å²) < 4.78 is 0. The van der Waals surface area contributed by atoms with Gasteiger partial charge in [-0.15, -0.1) is 11.3 Å². The number of nitrogens with one attached hydrogen (secondary N) is 1. The number of halogens is 1. The lowest BCUT2D eigenvalue weighted by atomic mass is 10.1. The number of rotatable bonds is 7. The average molecular weight is 355 g/mol. The van der Waals surface area contributed by atoms with E-state index >= 15 is 0 Å². The summed E-state index contributed by atoms with van der Waals surface area (Å²) in [6.07, 6.45) is 0.513. The van der Waals surface area contributed by atoms with Crippen LogP contribution in [0.25, 0.3) is 0 Å². The molecule has 2 aromatic rings. The van der Waals surface area contributed by atoms with E-state index in [0.717, 1.165) is 27.8 Å². The van der Waals surface area contributed by atoms with Crippen molar-refractivity contribution in [3.8, 4) is 0 Å². The van der Waals surface area contributed by atoms with Gasteiger partial charge >= 0.3 is 0 Å². The minimum atomic E-state index is -0.0302. The minimum Gasteiger partial charge on any atom is -0.350 e. The van der Waals surface area contributed by atoms with Gasteiger partial charge in [0.25, 0.3) is 0 Å². The first-order chi connectivity index (χ1) is 10.5. The van der Waals surface area contributed by atoms with Crippen LogP contribution in [0.2, 0.25) is 5.02 Å². The van der Waals surface area contributed by atoms with Crippen molar-refractivity contribution in [1.82, 2.24) is 10.3 Å². The molecule has 3 nitrogen and oxygen atoms in total. The van der Waals surface area contributed by atoms with E-state index in [1.54, 1.807) is 23.1 Å². The Labute approximate surface area is 144 Å². The third-order valence-electron chi connectivity index (χ3n) is 3.12. The van der Waals surface area contributed by atoms with Gasteiger partial charge in [0, 0.05) is 28.3 Å². The number of aryl methyl sites for hydroxylation is 1. The fraction of sp³-hybridized carbons (Fsp3) is 0.375. The van der Waals surface area contributed by atoms with Crippen molar-refractivity contribution in [2.45, 2.75) is 32.1 Å². The highest BCUT2D eigenvalue weighted by molar-refractivity contribution is 7.98. The standard InChI is InChI=1S/C16H19ClN2OS2/c1-11(13-4-3-5-14(17)8-13)18-16(20)6-7-21-9-15-10-22-12(2)19-15/h3-5,8,10-11H,6-7,9H2,1-2H3,(H,18,20)/t11-/m1/s1. The SMILES string of the molecule is Cc1nc(CSCCC(=O)N[C@H](C)c2cccc(Cl)c2)cs1. The van der Waals surface area contributed by atoms with Crippen molar-refractivity contribution in [3.63, 3.8) is 0 Å². The van der Waals surface area contributed by atoms with E-state index in [0.29, 0.717) is 11.4 Å². The van der Waals surface area contributed by atoms with E-state index in [9.17, 15) is 4.79 Å². The highest BCUT2D eigenvalue weighted by Gasteiger charge is 2.10. The highest BCUT2D eigenvalue weighted by atomic mass is 35.5. The number of thioether (sulfide) groups is 1. The molecule has 0 aliphatic rings. The smallest absolute Gasteiger partial charge is 0.221 e. The number of hydrogen-bond donors (Lipinski definition) is 1. The molecule has 1 aromatic heterocycles. The number of amides is 1.